The number of esters is 1. The predicted octanol–water partition coefficient (Wildman–Crippen LogP) is 4.82. The smallest absolute Gasteiger partial charge is 0.408 e. The standard InChI is InChI=1S/C25H31NO5/c1-18(23(27)29-5)15-21(26-24(28)31-25(2,3)4)16-19-11-13-22(14-12-19)30-17-20-9-7-6-8-10-20/h6-15,21H,16-17H2,1-5H3,(H,26,28)/b18-15-/t21-/m1/s1. The van der Waals surface area contributed by atoms with E-state index in [1.807, 2.05) is 54.6 Å². The molecule has 0 bridgehead atoms. The van der Waals surface area contributed by atoms with E-state index in [1.165, 1.54) is 7.11 Å². The summed E-state index contributed by atoms with van der Waals surface area (Å²) in [7, 11) is 1.32. The van der Waals surface area contributed by atoms with Gasteiger partial charge < -0.3 is 19.5 Å². The Balaban J connectivity index is 2.06. The lowest BCUT2D eigenvalue weighted by Crippen LogP contribution is -2.39. The summed E-state index contributed by atoms with van der Waals surface area (Å²) in [4.78, 5) is 24.1. The Kier molecular flexibility index (Phi) is 8.67. The van der Waals surface area contributed by atoms with Gasteiger partial charge in [-0.05, 0) is 57.4 Å². The third kappa shape index (κ3) is 8.95. The fraction of sp³-hybridized carbons (Fsp3) is 0.360. The Bertz CT molecular complexity index is 882. The highest BCUT2D eigenvalue weighted by atomic mass is 16.6. The van der Waals surface area contributed by atoms with Crippen LogP contribution in [0.5, 0.6) is 5.75 Å². The van der Waals surface area contributed by atoms with Gasteiger partial charge >= 0.3 is 12.1 Å². The molecule has 0 radical (unpaired) electrons. The summed E-state index contributed by atoms with van der Waals surface area (Å²) in [5.74, 6) is 0.311. The number of amides is 1. The summed E-state index contributed by atoms with van der Waals surface area (Å²) in [6.07, 6.45) is 1.61. The lowest BCUT2D eigenvalue weighted by molar-refractivity contribution is -0.136. The molecule has 1 N–H and O–H groups in total. The minimum Gasteiger partial charge on any atom is -0.489 e. The molecule has 0 aliphatic rings. The average molecular weight is 426 g/mol. The van der Waals surface area contributed by atoms with Crippen molar-refractivity contribution < 1.29 is 23.8 Å². The van der Waals surface area contributed by atoms with Crippen molar-refractivity contribution in [3.63, 3.8) is 0 Å². The van der Waals surface area contributed by atoms with Crippen LogP contribution in [0, 0.1) is 0 Å². The van der Waals surface area contributed by atoms with Crippen molar-refractivity contribution in [2.75, 3.05) is 7.11 Å². The second kappa shape index (κ2) is 11.2. The van der Waals surface area contributed by atoms with Crippen molar-refractivity contribution >= 4 is 12.1 Å². The number of methoxy groups -OCH3 is 1. The molecule has 0 saturated heterocycles. The van der Waals surface area contributed by atoms with Gasteiger partial charge in [-0.3, -0.25) is 0 Å². The van der Waals surface area contributed by atoms with E-state index < -0.39 is 23.7 Å². The number of nitrogens with one attached hydrogen (secondary N) is 1. The van der Waals surface area contributed by atoms with Crippen molar-refractivity contribution in [1.82, 2.24) is 5.32 Å². The van der Waals surface area contributed by atoms with Crippen molar-refractivity contribution in [1.29, 1.82) is 0 Å². The number of alkyl carbamates (subject to hydrolysis) is 1. The summed E-state index contributed by atoms with van der Waals surface area (Å²) in [6, 6.07) is 17.2. The maximum absolute atomic E-state index is 12.3. The van der Waals surface area contributed by atoms with Gasteiger partial charge in [0.15, 0.2) is 0 Å². The molecular weight excluding hydrogens is 394 g/mol. The van der Waals surface area contributed by atoms with E-state index in [2.05, 4.69) is 5.32 Å². The van der Waals surface area contributed by atoms with Gasteiger partial charge in [-0.2, -0.15) is 0 Å². The van der Waals surface area contributed by atoms with Crippen LogP contribution in [0.15, 0.2) is 66.2 Å². The molecule has 1 atom stereocenters. The normalized spacial score (nSPS) is 12.6. The quantitative estimate of drug-likeness (QED) is 0.485. The topological polar surface area (TPSA) is 73.9 Å². The molecule has 0 fully saturated rings. The van der Waals surface area contributed by atoms with Crippen LogP contribution in [0.1, 0.15) is 38.8 Å². The van der Waals surface area contributed by atoms with Crippen LogP contribution < -0.4 is 10.1 Å². The molecule has 0 aliphatic heterocycles. The minimum atomic E-state index is -0.618. The van der Waals surface area contributed by atoms with Gasteiger partial charge in [0, 0.05) is 5.57 Å². The van der Waals surface area contributed by atoms with Crippen molar-refractivity contribution in [2.24, 2.45) is 0 Å². The first-order valence-electron chi connectivity index (χ1n) is 10.2. The molecule has 2 aromatic carbocycles. The Morgan fingerprint density at radius 1 is 1.00 bits per heavy atom. The van der Waals surface area contributed by atoms with E-state index in [4.69, 9.17) is 14.2 Å². The van der Waals surface area contributed by atoms with Crippen LogP contribution in [0.2, 0.25) is 0 Å². The number of rotatable bonds is 8. The fourth-order valence-corrected chi connectivity index (χ4v) is 2.86. The third-order valence-electron chi connectivity index (χ3n) is 4.29. The SMILES string of the molecule is COC(=O)/C(C)=C\[C@H](Cc1ccc(OCc2ccccc2)cc1)NC(=O)OC(C)(C)C. The average Bonchev–Trinajstić information content (AvgIpc) is 2.71. The van der Waals surface area contributed by atoms with Gasteiger partial charge in [0.1, 0.15) is 18.0 Å². The van der Waals surface area contributed by atoms with E-state index in [-0.39, 0.29) is 0 Å². The summed E-state index contributed by atoms with van der Waals surface area (Å²) >= 11 is 0. The summed E-state index contributed by atoms with van der Waals surface area (Å²) in [5.41, 5.74) is 1.86. The molecule has 6 nitrogen and oxygen atoms in total. The molecule has 2 aromatic rings. The molecule has 0 unspecified atom stereocenters. The van der Waals surface area contributed by atoms with Gasteiger partial charge in [0.05, 0.1) is 13.2 Å². The molecule has 166 valence electrons. The first-order valence-corrected chi connectivity index (χ1v) is 10.2. The largest absolute Gasteiger partial charge is 0.489 e. The highest BCUT2D eigenvalue weighted by molar-refractivity contribution is 5.87. The first kappa shape index (κ1) is 24.0. The lowest BCUT2D eigenvalue weighted by Gasteiger charge is -2.22. The predicted molar refractivity (Wildman–Crippen MR) is 120 cm³/mol. The Morgan fingerprint density at radius 2 is 1.65 bits per heavy atom. The van der Waals surface area contributed by atoms with E-state index in [1.54, 1.807) is 33.8 Å². The van der Waals surface area contributed by atoms with Crippen molar-refractivity contribution in [3.05, 3.63) is 77.4 Å². The minimum absolute atomic E-state index is 0.409. The van der Waals surface area contributed by atoms with E-state index in [9.17, 15) is 9.59 Å². The molecule has 0 aliphatic carbocycles. The number of ether oxygens (including phenoxy) is 3. The van der Waals surface area contributed by atoms with E-state index in [0.29, 0.717) is 18.6 Å². The third-order valence-corrected chi connectivity index (χ3v) is 4.29. The number of hydrogen-bond donors (Lipinski definition) is 1. The van der Waals surface area contributed by atoms with Gasteiger partial charge in [-0.25, -0.2) is 9.59 Å². The number of carbonyl (C=O) groups excluding carboxylic acids is 2. The number of carbonyl (C=O) groups is 2. The highest BCUT2D eigenvalue weighted by Gasteiger charge is 2.20. The highest BCUT2D eigenvalue weighted by Crippen LogP contribution is 2.16. The first-order chi connectivity index (χ1) is 14.7. The zero-order valence-corrected chi connectivity index (χ0v) is 18.8. The molecule has 0 saturated carbocycles. The Hall–Kier alpha value is -3.28. The maximum atomic E-state index is 12.3. The molecule has 6 heteroatoms. The van der Waals surface area contributed by atoms with Gasteiger partial charge in [-0.15, -0.1) is 0 Å². The zero-order valence-electron chi connectivity index (χ0n) is 18.8. The van der Waals surface area contributed by atoms with Crippen molar-refractivity contribution in [3.8, 4) is 5.75 Å². The van der Waals surface area contributed by atoms with Gasteiger partial charge in [0.2, 0.25) is 0 Å². The van der Waals surface area contributed by atoms with Crippen LogP contribution in [-0.4, -0.2) is 30.8 Å². The lowest BCUT2D eigenvalue weighted by atomic mass is 10.0. The van der Waals surface area contributed by atoms with Crippen LogP contribution in [0.25, 0.3) is 0 Å². The van der Waals surface area contributed by atoms with E-state index in [0.717, 1.165) is 16.9 Å². The molecule has 0 heterocycles. The fourth-order valence-electron chi connectivity index (χ4n) is 2.86. The van der Waals surface area contributed by atoms with Crippen molar-refractivity contribution in [2.45, 2.75) is 52.4 Å². The molecule has 31 heavy (non-hydrogen) atoms. The Labute approximate surface area is 184 Å². The second-order valence-corrected chi connectivity index (χ2v) is 8.22. The zero-order chi connectivity index (χ0) is 22.9. The summed E-state index contributed by atoms with van der Waals surface area (Å²) < 4.78 is 15.9. The monoisotopic (exact) mass is 425 g/mol. The van der Waals surface area contributed by atoms with Gasteiger partial charge in [-0.1, -0.05) is 48.5 Å². The summed E-state index contributed by atoms with van der Waals surface area (Å²) in [5, 5.41) is 2.82. The molecule has 2 rings (SSSR count). The summed E-state index contributed by atoms with van der Waals surface area (Å²) in [6.45, 7) is 7.53. The van der Waals surface area contributed by atoms with Crippen LogP contribution >= 0.6 is 0 Å². The number of hydrogen-bond acceptors (Lipinski definition) is 5. The second-order valence-electron chi connectivity index (χ2n) is 8.22. The number of benzene rings is 2. The maximum Gasteiger partial charge on any atom is 0.408 e. The Morgan fingerprint density at radius 3 is 2.23 bits per heavy atom. The molecule has 1 amide bonds. The van der Waals surface area contributed by atoms with E-state index >= 15 is 0 Å². The molecule has 0 aromatic heterocycles. The van der Waals surface area contributed by atoms with Crippen LogP contribution in [0.3, 0.4) is 0 Å². The van der Waals surface area contributed by atoms with Crippen LogP contribution in [-0.2, 0) is 27.3 Å². The van der Waals surface area contributed by atoms with Crippen LogP contribution in [0.4, 0.5) is 4.79 Å². The molecular formula is C25H31NO5. The van der Waals surface area contributed by atoms with Gasteiger partial charge in [0.25, 0.3) is 0 Å². The molecule has 0 spiro atoms.